The number of hydrogen-bond donors (Lipinski definition) is 0. The van der Waals surface area contributed by atoms with Gasteiger partial charge in [-0.1, -0.05) is 37.8 Å². The third-order valence-electron chi connectivity index (χ3n) is 5.01. The lowest BCUT2D eigenvalue weighted by Crippen LogP contribution is -2.14. The molecular weight excluding hydrogens is 286 g/mol. The van der Waals surface area contributed by atoms with Crippen molar-refractivity contribution < 1.29 is 4.52 Å². The number of pyridine rings is 1. The van der Waals surface area contributed by atoms with Crippen molar-refractivity contribution in [3.05, 3.63) is 29.8 Å². The molecule has 124 valence electrons. The molecule has 4 nitrogen and oxygen atoms in total. The largest absolute Gasteiger partial charge is 0.334 e. The molecule has 0 saturated heterocycles. The van der Waals surface area contributed by atoms with Gasteiger partial charge in [-0.3, -0.25) is 4.98 Å². The molecule has 23 heavy (non-hydrogen) atoms. The van der Waals surface area contributed by atoms with Crippen LogP contribution in [0.5, 0.6) is 0 Å². The van der Waals surface area contributed by atoms with Gasteiger partial charge in [0.25, 0.3) is 5.89 Å². The van der Waals surface area contributed by atoms with Crippen LogP contribution in [0.3, 0.4) is 0 Å². The lowest BCUT2D eigenvalue weighted by molar-refractivity contribution is 0.292. The van der Waals surface area contributed by atoms with Crippen LogP contribution in [-0.2, 0) is 0 Å². The number of hydrogen-bond acceptors (Lipinski definition) is 4. The molecule has 1 aliphatic rings. The van der Waals surface area contributed by atoms with Crippen molar-refractivity contribution in [1.29, 1.82) is 0 Å². The number of aromatic nitrogens is 3. The molecular formula is C19H27N3O. The second kappa shape index (κ2) is 7.71. The third-order valence-corrected chi connectivity index (χ3v) is 5.01. The highest BCUT2D eigenvalue weighted by atomic mass is 16.5. The van der Waals surface area contributed by atoms with E-state index in [1.54, 1.807) is 6.20 Å². The minimum absolute atomic E-state index is 0.470. The Morgan fingerprint density at radius 2 is 2.00 bits per heavy atom. The Morgan fingerprint density at radius 3 is 2.74 bits per heavy atom. The van der Waals surface area contributed by atoms with Crippen LogP contribution in [0.2, 0.25) is 0 Å². The van der Waals surface area contributed by atoms with Crippen LogP contribution in [0.1, 0.15) is 75.7 Å². The second-order valence-corrected chi connectivity index (χ2v) is 6.86. The van der Waals surface area contributed by atoms with E-state index in [0.717, 1.165) is 23.0 Å². The molecule has 0 N–H and O–H groups in total. The van der Waals surface area contributed by atoms with Gasteiger partial charge in [-0.2, -0.15) is 4.98 Å². The molecule has 2 aromatic heterocycles. The summed E-state index contributed by atoms with van der Waals surface area (Å²) in [5.74, 6) is 2.89. The molecule has 1 saturated carbocycles. The summed E-state index contributed by atoms with van der Waals surface area (Å²) >= 11 is 0. The topological polar surface area (TPSA) is 51.8 Å². The van der Waals surface area contributed by atoms with Crippen molar-refractivity contribution in [2.45, 2.75) is 71.1 Å². The summed E-state index contributed by atoms with van der Waals surface area (Å²) in [6.07, 6.45) is 12.3. The zero-order valence-corrected chi connectivity index (χ0v) is 14.3. The van der Waals surface area contributed by atoms with E-state index < -0.39 is 0 Å². The van der Waals surface area contributed by atoms with Gasteiger partial charge >= 0.3 is 0 Å². The molecule has 1 aliphatic carbocycles. The van der Waals surface area contributed by atoms with Crippen LogP contribution < -0.4 is 0 Å². The summed E-state index contributed by atoms with van der Waals surface area (Å²) in [7, 11) is 0. The van der Waals surface area contributed by atoms with Gasteiger partial charge in [-0.25, -0.2) is 0 Å². The molecule has 0 unspecified atom stereocenters. The van der Waals surface area contributed by atoms with Crippen molar-refractivity contribution in [2.24, 2.45) is 5.92 Å². The first-order valence-corrected chi connectivity index (χ1v) is 9.03. The standard InChI is InChI=1S/C19H27N3O/c1-3-4-5-6-15-7-9-16(10-8-15)18-21-19(23-22-18)17-11-12-20-14(2)13-17/h11-13,15-16H,3-10H2,1-2H3. The van der Waals surface area contributed by atoms with E-state index in [9.17, 15) is 0 Å². The van der Waals surface area contributed by atoms with Crippen molar-refractivity contribution in [2.75, 3.05) is 0 Å². The van der Waals surface area contributed by atoms with Gasteiger partial charge in [0.05, 0.1) is 0 Å². The Morgan fingerprint density at radius 1 is 1.17 bits per heavy atom. The number of rotatable bonds is 6. The predicted octanol–water partition coefficient (Wildman–Crippen LogP) is 5.29. The smallest absolute Gasteiger partial charge is 0.258 e. The summed E-state index contributed by atoms with van der Waals surface area (Å²) in [5, 5.41) is 4.24. The Balaban J connectivity index is 1.57. The highest BCUT2D eigenvalue weighted by Gasteiger charge is 2.25. The van der Waals surface area contributed by atoms with Gasteiger partial charge in [-0.05, 0) is 50.7 Å². The lowest BCUT2D eigenvalue weighted by Gasteiger charge is -2.26. The first kappa shape index (κ1) is 16.2. The van der Waals surface area contributed by atoms with Gasteiger partial charge in [0.1, 0.15) is 0 Å². The molecule has 0 atom stereocenters. The molecule has 0 radical (unpaired) electrons. The van der Waals surface area contributed by atoms with Gasteiger partial charge < -0.3 is 4.52 Å². The summed E-state index contributed by atoms with van der Waals surface area (Å²) < 4.78 is 5.48. The zero-order valence-electron chi connectivity index (χ0n) is 14.3. The molecule has 2 heterocycles. The van der Waals surface area contributed by atoms with Crippen molar-refractivity contribution in [1.82, 2.24) is 15.1 Å². The molecule has 0 amide bonds. The first-order chi connectivity index (χ1) is 11.3. The van der Waals surface area contributed by atoms with Gasteiger partial charge in [-0.15, -0.1) is 0 Å². The Kier molecular flexibility index (Phi) is 5.42. The fourth-order valence-corrected chi connectivity index (χ4v) is 3.59. The average molecular weight is 313 g/mol. The Hall–Kier alpha value is -1.71. The molecule has 0 aliphatic heterocycles. The van der Waals surface area contributed by atoms with Gasteiger partial charge in [0.2, 0.25) is 0 Å². The van der Waals surface area contributed by atoms with Crippen LogP contribution in [0.4, 0.5) is 0 Å². The van der Waals surface area contributed by atoms with Crippen molar-refractivity contribution >= 4 is 0 Å². The Bertz CT molecular complexity index is 615. The number of aryl methyl sites for hydroxylation is 1. The Labute approximate surface area is 138 Å². The minimum atomic E-state index is 0.470. The average Bonchev–Trinajstić information content (AvgIpc) is 3.06. The molecule has 2 aromatic rings. The van der Waals surface area contributed by atoms with E-state index >= 15 is 0 Å². The summed E-state index contributed by atoms with van der Waals surface area (Å²) in [4.78, 5) is 8.85. The van der Waals surface area contributed by atoms with Crippen LogP contribution in [0.25, 0.3) is 11.5 Å². The maximum absolute atomic E-state index is 5.48. The summed E-state index contributed by atoms with van der Waals surface area (Å²) in [6.45, 7) is 4.25. The van der Waals surface area contributed by atoms with Gasteiger partial charge in [0.15, 0.2) is 5.82 Å². The first-order valence-electron chi connectivity index (χ1n) is 9.03. The summed E-state index contributed by atoms with van der Waals surface area (Å²) in [6, 6.07) is 3.91. The number of unbranched alkanes of at least 4 members (excludes halogenated alkanes) is 2. The molecule has 0 bridgehead atoms. The maximum atomic E-state index is 5.48. The van der Waals surface area contributed by atoms with Crippen molar-refractivity contribution in [3.8, 4) is 11.5 Å². The highest BCUT2D eigenvalue weighted by molar-refractivity contribution is 5.52. The predicted molar refractivity (Wildman–Crippen MR) is 91.1 cm³/mol. The molecule has 0 aromatic carbocycles. The summed E-state index contributed by atoms with van der Waals surface area (Å²) in [5.41, 5.74) is 1.93. The fraction of sp³-hybridized carbons (Fsp3) is 0.632. The quantitative estimate of drug-likeness (QED) is 0.679. The molecule has 0 spiro atoms. The van der Waals surface area contributed by atoms with Crippen LogP contribution in [-0.4, -0.2) is 15.1 Å². The van der Waals surface area contributed by atoms with E-state index in [1.807, 2.05) is 19.1 Å². The minimum Gasteiger partial charge on any atom is -0.334 e. The van der Waals surface area contributed by atoms with E-state index in [-0.39, 0.29) is 0 Å². The third kappa shape index (κ3) is 4.18. The normalized spacial score (nSPS) is 21.5. The van der Waals surface area contributed by atoms with Crippen LogP contribution in [0.15, 0.2) is 22.9 Å². The molecule has 3 rings (SSSR count). The van der Waals surface area contributed by atoms with Crippen LogP contribution >= 0.6 is 0 Å². The van der Waals surface area contributed by atoms with Gasteiger partial charge in [0, 0.05) is 23.4 Å². The second-order valence-electron chi connectivity index (χ2n) is 6.86. The van der Waals surface area contributed by atoms with E-state index in [2.05, 4.69) is 22.0 Å². The zero-order chi connectivity index (χ0) is 16.1. The van der Waals surface area contributed by atoms with E-state index in [1.165, 1.54) is 51.4 Å². The fourth-order valence-electron chi connectivity index (χ4n) is 3.59. The molecule has 1 fully saturated rings. The lowest BCUT2D eigenvalue weighted by atomic mass is 9.79. The highest BCUT2D eigenvalue weighted by Crippen LogP contribution is 2.37. The SMILES string of the molecule is CCCCCC1CCC(c2noc(-c3ccnc(C)c3)n2)CC1. The van der Waals surface area contributed by atoms with Crippen LogP contribution in [0, 0.1) is 12.8 Å². The van der Waals surface area contributed by atoms with E-state index in [0.29, 0.717) is 11.8 Å². The maximum Gasteiger partial charge on any atom is 0.258 e. The molecule has 4 heteroatoms. The van der Waals surface area contributed by atoms with Crippen molar-refractivity contribution in [3.63, 3.8) is 0 Å². The number of nitrogens with zero attached hydrogens (tertiary/aromatic N) is 3. The monoisotopic (exact) mass is 313 g/mol. The van der Waals surface area contributed by atoms with E-state index in [4.69, 9.17) is 4.52 Å².